The highest BCUT2D eigenvalue weighted by atomic mass is 19.4. The molecule has 142 valence electrons. The largest absolute Gasteiger partial charge is 0.573 e. The summed E-state index contributed by atoms with van der Waals surface area (Å²) in [5, 5.41) is 3.22. The predicted octanol–water partition coefficient (Wildman–Crippen LogP) is 3.75. The van der Waals surface area contributed by atoms with Crippen LogP contribution >= 0.6 is 0 Å². The number of hydrogen-bond acceptors (Lipinski definition) is 4. The van der Waals surface area contributed by atoms with Crippen LogP contribution in [0, 0.1) is 6.92 Å². The molecule has 1 atom stereocenters. The zero-order chi connectivity index (χ0) is 19.6. The highest BCUT2D eigenvalue weighted by molar-refractivity contribution is 5.40. The minimum Gasteiger partial charge on any atom is -0.406 e. The average Bonchev–Trinajstić information content (AvgIpc) is 2.59. The first kappa shape index (κ1) is 18.9. The highest BCUT2D eigenvalue weighted by Crippen LogP contribution is 2.24. The summed E-state index contributed by atoms with van der Waals surface area (Å²) < 4.78 is 42.0. The van der Waals surface area contributed by atoms with Crippen LogP contribution in [0.4, 0.5) is 13.2 Å². The molecule has 1 aromatic carbocycles. The fourth-order valence-corrected chi connectivity index (χ4v) is 2.79. The van der Waals surface area contributed by atoms with Gasteiger partial charge in [0, 0.05) is 24.3 Å². The number of benzene rings is 1. The summed E-state index contributed by atoms with van der Waals surface area (Å²) in [7, 11) is 0. The van der Waals surface area contributed by atoms with Gasteiger partial charge in [-0.05, 0) is 43.7 Å². The number of nitrogens with zero attached hydrogens (tertiary/aromatic N) is 2. The van der Waals surface area contributed by atoms with Crippen molar-refractivity contribution in [2.45, 2.75) is 32.8 Å². The lowest BCUT2D eigenvalue weighted by Gasteiger charge is -2.15. The Balaban J connectivity index is 1.69. The lowest BCUT2D eigenvalue weighted by molar-refractivity contribution is -0.274. The first-order valence-corrected chi connectivity index (χ1v) is 8.30. The Morgan fingerprint density at radius 2 is 1.89 bits per heavy atom. The molecule has 1 N–H and O–H groups in total. The monoisotopic (exact) mass is 377 g/mol. The third-order valence-electron chi connectivity index (χ3n) is 4.14. The molecule has 0 bridgehead atoms. The van der Waals surface area contributed by atoms with Gasteiger partial charge in [0.05, 0.1) is 5.69 Å². The summed E-state index contributed by atoms with van der Waals surface area (Å²) in [5.74, 6) is -0.266. The van der Waals surface area contributed by atoms with Crippen LogP contribution in [0.15, 0.2) is 53.3 Å². The SMILES string of the molecule is Cc1cccc2nc(CN[C@@H](C)c3ccc(OC(F)(F)F)cc3)cc(=O)n12. The quantitative estimate of drug-likeness (QED) is 0.736. The Labute approximate surface area is 153 Å². The van der Waals surface area contributed by atoms with Crippen LogP contribution in [0.1, 0.15) is 29.9 Å². The van der Waals surface area contributed by atoms with Gasteiger partial charge in [-0.1, -0.05) is 18.2 Å². The molecule has 3 aromatic rings. The van der Waals surface area contributed by atoms with Crippen LogP contribution < -0.4 is 15.6 Å². The van der Waals surface area contributed by atoms with Crippen molar-refractivity contribution < 1.29 is 17.9 Å². The van der Waals surface area contributed by atoms with Crippen molar-refractivity contribution in [2.24, 2.45) is 0 Å². The predicted molar refractivity (Wildman–Crippen MR) is 94.6 cm³/mol. The van der Waals surface area contributed by atoms with E-state index in [4.69, 9.17) is 0 Å². The van der Waals surface area contributed by atoms with Gasteiger partial charge in [-0.3, -0.25) is 9.20 Å². The van der Waals surface area contributed by atoms with E-state index >= 15 is 0 Å². The molecular formula is C19H18F3N3O2. The number of nitrogens with one attached hydrogen (secondary N) is 1. The number of alkyl halides is 3. The molecule has 0 saturated heterocycles. The zero-order valence-corrected chi connectivity index (χ0v) is 14.7. The van der Waals surface area contributed by atoms with Gasteiger partial charge >= 0.3 is 6.36 Å². The molecule has 0 radical (unpaired) electrons. The molecular weight excluding hydrogens is 359 g/mol. The Hall–Kier alpha value is -2.87. The Bertz CT molecular complexity index is 998. The molecule has 27 heavy (non-hydrogen) atoms. The molecule has 0 spiro atoms. The number of ether oxygens (including phenoxy) is 1. The Morgan fingerprint density at radius 1 is 1.19 bits per heavy atom. The molecule has 8 heteroatoms. The van der Waals surface area contributed by atoms with Gasteiger partial charge < -0.3 is 10.1 Å². The van der Waals surface area contributed by atoms with Gasteiger partial charge in [0.1, 0.15) is 11.4 Å². The van der Waals surface area contributed by atoms with Gasteiger partial charge in [0.15, 0.2) is 0 Å². The third kappa shape index (κ3) is 4.65. The van der Waals surface area contributed by atoms with E-state index in [-0.39, 0.29) is 17.4 Å². The zero-order valence-electron chi connectivity index (χ0n) is 14.7. The van der Waals surface area contributed by atoms with Crippen molar-refractivity contribution in [1.82, 2.24) is 14.7 Å². The molecule has 0 unspecified atom stereocenters. The van der Waals surface area contributed by atoms with E-state index in [0.717, 1.165) is 11.3 Å². The normalized spacial score (nSPS) is 12.9. The van der Waals surface area contributed by atoms with E-state index in [9.17, 15) is 18.0 Å². The van der Waals surface area contributed by atoms with Gasteiger partial charge in [0.2, 0.25) is 0 Å². The van der Waals surface area contributed by atoms with Crippen molar-refractivity contribution in [1.29, 1.82) is 0 Å². The van der Waals surface area contributed by atoms with E-state index in [1.165, 1.54) is 22.6 Å². The molecule has 2 heterocycles. The fourth-order valence-electron chi connectivity index (χ4n) is 2.79. The fraction of sp³-hybridized carbons (Fsp3) is 0.263. The second kappa shape index (κ2) is 7.40. The number of pyridine rings is 1. The molecule has 5 nitrogen and oxygen atoms in total. The van der Waals surface area contributed by atoms with Crippen LogP contribution in [-0.4, -0.2) is 15.7 Å². The maximum atomic E-state index is 12.3. The Morgan fingerprint density at radius 3 is 2.56 bits per heavy atom. The summed E-state index contributed by atoms with van der Waals surface area (Å²) in [6, 6.07) is 12.4. The van der Waals surface area contributed by atoms with E-state index in [1.54, 1.807) is 18.2 Å². The van der Waals surface area contributed by atoms with Crippen LogP contribution in [0.3, 0.4) is 0 Å². The first-order chi connectivity index (χ1) is 12.7. The maximum absolute atomic E-state index is 12.3. The molecule has 2 aromatic heterocycles. The molecule has 0 amide bonds. The van der Waals surface area contributed by atoms with E-state index in [0.29, 0.717) is 17.9 Å². The van der Waals surface area contributed by atoms with Gasteiger partial charge in [-0.25, -0.2) is 4.98 Å². The lowest BCUT2D eigenvalue weighted by Crippen LogP contribution is -2.23. The van der Waals surface area contributed by atoms with Crippen molar-refractivity contribution in [3.05, 3.63) is 75.8 Å². The molecule has 0 aliphatic heterocycles. The van der Waals surface area contributed by atoms with Gasteiger partial charge in [-0.15, -0.1) is 13.2 Å². The Kier molecular flexibility index (Phi) is 5.18. The van der Waals surface area contributed by atoms with E-state index < -0.39 is 6.36 Å². The van der Waals surface area contributed by atoms with Crippen LogP contribution in [0.25, 0.3) is 5.65 Å². The second-order valence-corrected chi connectivity index (χ2v) is 6.17. The summed E-state index contributed by atoms with van der Waals surface area (Å²) >= 11 is 0. The summed E-state index contributed by atoms with van der Waals surface area (Å²) in [4.78, 5) is 16.7. The summed E-state index contributed by atoms with van der Waals surface area (Å²) in [6.07, 6.45) is -4.71. The second-order valence-electron chi connectivity index (χ2n) is 6.17. The molecule has 0 aliphatic carbocycles. The van der Waals surface area contributed by atoms with Gasteiger partial charge in [0.25, 0.3) is 5.56 Å². The van der Waals surface area contributed by atoms with Crippen molar-refractivity contribution in [3.8, 4) is 5.75 Å². The summed E-state index contributed by atoms with van der Waals surface area (Å²) in [6.45, 7) is 4.06. The third-order valence-corrected chi connectivity index (χ3v) is 4.14. The summed E-state index contributed by atoms with van der Waals surface area (Å²) in [5.41, 5.74) is 2.60. The first-order valence-electron chi connectivity index (χ1n) is 8.30. The van der Waals surface area contributed by atoms with Crippen molar-refractivity contribution in [3.63, 3.8) is 0 Å². The van der Waals surface area contributed by atoms with Gasteiger partial charge in [-0.2, -0.15) is 0 Å². The smallest absolute Gasteiger partial charge is 0.406 e. The molecule has 3 rings (SSSR count). The maximum Gasteiger partial charge on any atom is 0.573 e. The van der Waals surface area contributed by atoms with E-state index in [1.807, 2.05) is 26.0 Å². The van der Waals surface area contributed by atoms with E-state index in [2.05, 4.69) is 15.0 Å². The number of aryl methyl sites for hydroxylation is 1. The number of rotatable bonds is 5. The standard InChI is InChI=1S/C19H18F3N3O2/c1-12-4-3-5-17-24-15(10-18(26)25(12)17)11-23-13(2)14-6-8-16(9-7-14)27-19(20,21)22/h3-10,13,23H,11H2,1-2H3/t13-/m0/s1. The number of halogens is 3. The molecule has 0 fully saturated rings. The number of aromatic nitrogens is 2. The van der Waals surface area contributed by atoms with Crippen LogP contribution in [0.2, 0.25) is 0 Å². The highest BCUT2D eigenvalue weighted by Gasteiger charge is 2.31. The van der Waals surface area contributed by atoms with Crippen molar-refractivity contribution >= 4 is 5.65 Å². The average molecular weight is 377 g/mol. The lowest BCUT2D eigenvalue weighted by atomic mass is 10.1. The molecule has 0 aliphatic rings. The topological polar surface area (TPSA) is 55.6 Å². The van der Waals surface area contributed by atoms with Crippen molar-refractivity contribution in [2.75, 3.05) is 0 Å². The number of fused-ring (bicyclic) bond motifs is 1. The molecule has 0 saturated carbocycles. The van der Waals surface area contributed by atoms with Crippen LogP contribution in [-0.2, 0) is 6.54 Å². The minimum atomic E-state index is -4.71. The number of hydrogen-bond donors (Lipinski definition) is 1. The minimum absolute atomic E-state index is 0.150. The van der Waals surface area contributed by atoms with Crippen LogP contribution in [0.5, 0.6) is 5.75 Å².